The molecule has 4 rings (SSSR count). The van der Waals surface area contributed by atoms with E-state index in [9.17, 15) is 0 Å². The predicted octanol–water partition coefficient (Wildman–Crippen LogP) is 6.15. The second-order valence-corrected chi connectivity index (χ2v) is 7.65. The number of benzene rings is 1. The molecule has 0 unspecified atom stereocenters. The second kappa shape index (κ2) is 6.67. The van der Waals surface area contributed by atoms with Gasteiger partial charge < -0.3 is 0 Å². The van der Waals surface area contributed by atoms with Gasteiger partial charge in [-0.2, -0.15) is 5.10 Å². The molecule has 2 aliphatic rings. The highest BCUT2D eigenvalue weighted by Gasteiger charge is 2.22. The lowest BCUT2D eigenvalue weighted by Crippen LogP contribution is -2.14. The van der Waals surface area contributed by atoms with Crippen molar-refractivity contribution in [3.05, 3.63) is 29.5 Å². The van der Waals surface area contributed by atoms with Crippen molar-refractivity contribution < 1.29 is 0 Å². The molecule has 2 aromatic rings. The van der Waals surface area contributed by atoms with Gasteiger partial charge in [-0.15, -0.1) is 0 Å². The Labute approximate surface area is 140 Å². The molecular formula is C21H30N2. The molecule has 2 saturated carbocycles. The van der Waals surface area contributed by atoms with E-state index in [-0.39, 0.29) is 0 Å². The molecule has 2 heteroatoms. The number of fused-ring (bicyclic) bond motifs is 1. The molecule has 1 aromatic carbocycles. The van der Waals surface area contributed by atoms with Gasteiger partial charge >= 0.3 is 0 Å². The zero-order chi connectivity index (χ0) is 15.6. The van der Waals surface area contributed by atoms with E-state index in [4.69, 9.17) is 5.10 Å². The fourth-order valence-corrected chi connectivity index (χ4v) is 4.77. The van der Waals surface area contributed by atoms with Crippen LogP contribution >= 0.6 is 0 Å². The van der Waals surface area contributed by atoms with E-state index in [1.54, 1.807) is 5.56 Å². The average molecular weight is 310 g/mol. The van der Waals surface area contributed by atoms with Crippen molar-refractivity contribution in [2.75, 3.05) is 0 Å². The number of hydrogen-bond donors (Lipinski definition) is 0. The van der Waals surface area contributed by atoms with Gasteiger partial charge in [0.2, 0.25) is 0 Å². The molecule has 2 aliphatic carbocycles. The van der Waals surface area contributed by atoms with Crippen LogP contribution in [0.25, 0.3) is 10.9 Å². The third-order valence-electron chi connectivity index (χ3n) is 6.14. The highest BCUT2D eigenvalue weighted by molar-refractivity contribution is 5.83. The molecule has 0 saturated heterocycles. The lowest BCUT2D eigenvalue weighted by Gasteiger charge is -2.24. The summed E-state index contributed by atoms with van der Waals surface area (Å²) in [4.78, 5) is 0. The summed E-state index contributed by atoms with van der Waals surface area (Å²) >= 11 is 0. The Morgan fingerprint density at radius 2 is 1.65 bits per heavy atom. The summed E-state index contributed by atoms with van der Waals surface area (Å²) < 4.78 is 2.40. The Morgan fingerprint density at radius 3 is 2.35 bits per heavy atom. The number of aromatic nitrogens is 2. The Balaban J connectivity index is 1.74. The first kappa shape index (κ1) is 15.2. The van der Waals surface area contributed by atoms with Crippen LogP contribution < -0.4 is 0 Å². The van der Waals surface area contributed by atoms with Crippen molar-refractivity contribution in [3.63, 3.8) is 0 Å². The van der Waals surface area contributed by atoms with Crippen molar-refractivity contribution in [2.45, 2.75) is 89.5 Å². The average Bonchev–Trinajstić information content (AvgIpc) is 3.01. The molecular weight excluding hydrogens is 280 g/mol. The summed E-state index contributed by atoms with van der Waals surface area (Å²) in [5, 5.41) is 6.43. The van der Waals surface area contributed by atoms with Gasteiger partial charge in [0.15, 0.2) is 0 Å². The summed E-state index contributed by atoms with van der Waals surface area (Å²) in [5.41, 5.74) is 4.27. The minimum absolute atomic E-state index is 0.633. The van der Waals surface area contributed by atoms with Gasteiger partial charge in [0.05, 0.1) is 17.3 Å². The standard InChI is InChI=1S/C21H30N2/c1-2-20-19-14-13-17(16-9-5-3-6-10-16)15-21(19)23(22-20)18-11-7-4-8-12-18/h13-16,18H,2-12H2,1H3. The zero-order valence-corrected chi connectivity index (χ0v) is 14.6. The van der Waals surface area contributed by atoms with Crippen LogP contribution in [0, 0.1) is 0 Å². The molecule has 0 bridgehead atoms. The van der Waals surface area contributed by atoms with Crippen LogP contribution in [0.1, 0.15) is 94.3 Å². The monoisotopic (exact) mass is 310 g/mol. The Bertz CT molecular complexity index is 658. The van der Waals surface area contributed by atoms with Gasteiger partial charge in [-0.05, 0) is 49.7 Å². The van der Waals surface area contributed by atoms with Gasteiger partial charge in [0.25, 0.3) is 0 Å². The van der Waals surface area contributed by atoms with Crippen molar-refractivity contribution in [1.82, 2.24) is 9.78 Å². The zero-order valence-electron chi connectivity index (χ0n) is 14.6. The Kier molecular flexibility index (Phi) is 4.41. The summed E-state index contributed by atoms with van der Waals surface area (Å²) in [6, 6.07) is 7.88. The molecule has 124 valence electrons. The lowest BCUT2D eigenvalue weighted by atomic mass is 9.84. The maximum absolute atomic E-state index is 5.03. The SMILES string of the molecule is CCc1nn(C2CCCCC2)c2cc(C3CCCCC3)ccc12. The molecule has 2 fully saturated rings. The predicted molar refractivity (Wildman–Crippen MR) is 97.1 cm³/mol. The number of aryl methyl sites for hydroxylation is 1. The van der Waals surface area contributed by atoms with Gasteiger partial charge in [-0.25, -0.2) is 0 Å². The summed E-state index contributed by atoms with van der Waals surface area (Å²) in [7, 11) is 0. The van der Waals surface area contributed by atoms with Crippen molar-refractivity contribution in [2.24, 2.45) is 0 Å². The third-order valence-corrected chi connectivity index (χ3v) is 6.14. The van der Waals surface area contributed by atoms with Crippen molar-refractivity contribution in [3.8, 4) is 0 Å². The van der Waals surface area contributed by atoms with Crippen molar-refractivity contribution >= 4 is 10.9 Å². The van der Waals surface area contributed by atoms with Gasteiger partial charge in [-0.3, -0.25) is 4.68 Å². The van der Waals surface area contributed by atoms with Gasteiger partial charge in [0.1, 0.15) is 0 Å². The van der Waals surface area contributed by atoms with E-state index < -0.39 is 0 Å². The van der Waals surface area contributed by atoms with E-state index in [2.05, 4.69) is 29.8 Å². The summed E-state index contributed by atoms with van der Waals surface area (Å²) in [5.74, 6) is 0.785. The summed E-state index contributed by atoms with van der Waals surface area (Å²) in [6.45, 7) is 2.24. The highest BCUT2D eigenvalue weighted by Crippen LogP contribution is 2.36. The van der Waals surface area contributed by atoms with Crippen LogP contribution in [-0.4, -0.2) is 9.78 Å². The topological polar surface area (TPSA) is 17.8 Å². The van der Waals surface area contributed by atoms with E-state index in [0.717, 1.165) is 12.3 Å². The lowest BCUT2D eigenvalue weighted by molar-refractivity contribution is 0.335. The number of rotatable bonds is 3. The van der Waals surface area contributed by atoms with E-state index in [1.165, 1.54) is 80.8 Å². The van der Waals surface area contributed by atoms with Crippen molar-refractivity contribution in [1.29, 1.82) is 0 Å². The van der Waals surface area contributed by atoms with Gasteiger partial charge in [0, 0.05) is 5.39 Å². The molecule has 0 N–H and O–H groups in total. The largest absolute Gasteiger partial charge is 0.262 e. The quantitative estimate of drug-likeness (QED) is 0.664. The molecule has 23 heavy (non-hydrogen) atoms. The van der Waals surface area contributed by atoms with Crippen LogP contribution in [-0.2, 0) is 6.42 Å². The molecule has 0 aliphatic heterocycles. The van der Waals surface area contributed by atoms with E-state index in [1.807, 2.05) is 0 Å². The second-order valence-electron chi connectivity index (χ2n) is 7.65. The smallest absolute Gasteiger partial charge is 0.0700 e. The minimum Gasteiger partial charge on any atom is -0.262 e. The molecule has 1 aromatic heterocycles. The molecule has 0 spiro atoms. The van der Waals surface area contributed by atoms with E-state index in [0.29, 0.717) is 6.04 Å². The molecule has 1 heterocycles. The van der Waals surface area contributed by atoms with Gasteiger partial charge in [-0.1, -0.05) is 57.6 Å². The maximum Gasteiger partial charge on any atom is 0.0700 e. The van der Waals surface area contributed by atoms with Crippen LogP contribution in [0.15, 0.2) is 18.2 Å². The minimum atomic E-state index is 0.633. The van der Waals surface area contributed by atoms with Crippen LogP contribution in [0.4, 0.5) is 0 Å². The fraction of sp³-hybridized carbons (Fsp3) is 0.667. The Hall–Kier alpha value is -1.31. The summed E-state index contributed by atoms with van der Waals surface area (Å²) in [6.07, 6.45) is 14.8. The van der Waals surface area contributed by atoms with Crippen LogP contribution in [0.3, 0.4) is 0 Å². The first-order valence-corrected chi connectivity index (χ1v) is 9.88. The Morgan fingerprint density at radius 1 is 0.957 bits per heavy atom. The third kappa shape index (κ3) is 2.93. The number of hydrogen-bond acceptors (Lipinski definition) is 1. The fourth-order valence-electron chi connectivity index (χ4n) is 4.77. The first-order valence-electron chi connectivity index (χ1n) is 9.88. The molecule has 0 amide bonds. The molecule has 0 atom stereocenters. The van der Waals surface area contributed by atoms with E-state index >= 15 is 0 Å². The normalized spacial score (nSPS) is 21.1. The molecule has 0 radical (unpaired) electrons. The maximum atomic E-state index is 5.03. The first-order chi connectivity index (χ1) is 11.4. The van der Waals surface area contributed by atoms with Crippen LogP contribution in [0.5, 0.6) is 0 Å². The molecule has 2 nitrogen and oxygen atoms in total. The highest BCUT2D eigenvalue weighted by atomic mass is 15.3. The van der Waals surface area contributed by atoms with Crippen LogP contribution in [0.2, 0.25) is 0 Å². The number of nitrogens with zero attached hydrogens (tertiary/aromatic N) is 2.